The molecule has 1 aliphatic heterocycles. The van der Waals surface area contributed by atoms with E-state index in [2.05, 4.69) is 0 Å². The minimum absolute atomic E-state index is 0.249. The lowest BCUT2D eigenvalue weighted by atomic mass is 9.54. The van der Waals surface area contributed by atoms with Crippen LogP contribution in [0.25, 0.3) is 0 Å². The molecule has 0 unspecified atom stereocenters. The van der Waals surface area contributed by atoms with Crippen molar-refractivity contribution in [3.05, 3.63) is 0 Å². The molecule has 1 aliphatic rings. The van der Waals surface area contributed by atoms with Crippen LogP contribution in [0.15, 0.2) is 0 Å². The monoisotopic (exact) mass is 221 g/mol. The number of carbonyl (C=O) groups is 1. The molecule has 0 bridgehead atoms. The SMILES string of the molecule is CC1(C)[C@@H](C(=O)O)B(OCN)CC1(F)F. The summed E-state index contributed by atoms with van der Waals surface area (Å²) in [6.45, 7) is 1.22. The predicted molar refractivity (Wildman–Crippen MR) is 50.8 cm³/mol. The molecule has 0 aromatic carbocycles. The first-order valence-corrected chi connectivity index (χ1v) is 4.66. The van der Waals surface area contributed by atoms with Gasteiger partial charge in [-0.3, -0.25) is 4.79 Å². The topological polar surface area (TPSA) is 72.5 Å². The predicted octanol–water partition coefficient (Wildman–Crippen LogP) is 1.04. The minimum atomic E-state index is -3.05. The van der Waals surface area contributed by atoms with Gasteiger partial charge in [0.1, 0.15) is 0 Å². The molecule has 1 atom stereocenters. The molecule has 1 saturated heterocycles. The van der Waals surface area contributed by atoms with Crippen LogP contribution in [0.4, 0.5) is 8.78 Å². The van der Waals surface area contributed by atoms with Crippen LogP contribution in [-0.2, 0) is 9.45 Å². The number of hydrogen-bond acceptors (Lipinski definition) is 3. The van der Waals surface area contributed by atoms with Crippen molar-refractivity contribution in [2.75, 3.05) is 6.73 Å². The lowest BCUT2D eigenvalue weighted by molar-refractivity contribution is -0.145. The molecule has 1 fully saturated rings. The Kier molecular flexibility index (Phi) is 3.07. The van der Waals surface area contributed by atoms with Gasteiger partial charge in [-0.25, -0.2) is 8.78 Å². The summed E-state index contributed by atoms with van der Waals surface area (Å²) in [5, 5.41) is 8.92. The van der Waals surface area contributed by atoms with Crippen molar-refractivity contribution < 1.29 is 23.3 Å². The fourth-order valence-electron chi connectivity index (χ4n) is 2.07. The molecular formula is C8H14BF2NO3. The Labute approximate surface area is 86.9 Å². The average molecular weight is 221 g/mol. The third kappa shape index (κ3) is 1.85. The van der Waals surface area contributed by atoms with E-state index in [1.165, 1.54) is 13.8 Å². The van der Waals surface area contributed by atoms with Crippen LogP contribution in [0.1, 0.15) is 13.8 Å². The summed E-state index contributed by atoms with van der Waals surface area (Å²) in [5.74, 6) is -5.54. The summed E-state index contributed by atoms with van der Waals surface area (Å²) in [6.07, 6.45) is -0.589. The zero-order valence-electron chi connectivity index (χ0n) is 8.67. The van der Waals surface area contributed by atoms with Crippen molar-refractivity contribution in [3.63, 3.8) is 0 Å². The molecule has 0 aliphatic carbocycles. The van der Waals surface area contributed by atoms with E-state index in [1.54, 1.807) is 0 Å². The highest BCUT2D eigenvalue weighted by molar-refractivity contribution is 6.59. The molecule has 0 aromatic heterocycles. The van der Waals surface area contributed by atoms with Gasteiger partial charge in [0.2, 0.25) is 5.92 Å². The molecule has 7 heteroatoms. The van der Waals surface area contributed by atoms with E-state index in [1.807, 2.05) is 0 Å². The van der Waals surface area contributed by atoms with Gasteiger partial charge in [-0.2, -0.15) is 0 Å². The average Bonchev–Trinajstić information content (AvgIpc) is 2.17. The molecule has 0 saturated carbocycles. The summed E-state index contributed by atoms with van der Waals surface area (Å²) >= 11 is 0. The van der Waals surface area contributed by atoms with E-state index in [0.29, 0.717) is 0 Å². The van der Waals surface area contributed by atoms with E-state index in [9.17, 15) is 13.6 Å². The first-order chi connectivity index (χ1) is 6.74. The van der Waals surface area contributed by atoms with Crippen LogP contribution < -0.4 is 5.73 Å². The molecule has 0 spiro atoms. The standard InChI is InChI=1S/C8H14BF2NO3/c1-7(2)5(6(13)14)9(15-4-12)3-8(7,10)11/h5H,3-4,12H2,1-2H3,(H,13,14)/t5-/m1/s1. The third-order valence-corrected chi connectivity index (χ3v) is 3.13. The Morgan fingerprint density at radius 1 is 1.67 bits per heavy atom. The molecule has 0 aromatic rings. The second-order valence-electron chi connectivity index (χ2n) is 4.32. The van der Waals surface area contributed by atoms with Crippen LogP contribution in [-0.4, -0.2) is 30.6 Å². The van der Waals surface area contributed by atoms with Crippen LogP contribution in [0.5, 0.6) is 0 Å². The van der Waals surface area contributed by atoms with Gasteiger partial charge >= 0.3 is 12.9 Å². The fourth-order valence-corrected chi connectivity index (χ4v) is 2.07. The second-order valence-corrected chi connectivity index (χ2v) is 4.32. The smallest absolute Gasteiger partial charge is 0.315 e. The number of alkyl halides is 2. The summed E-state index contributed by atoms with van der Waals surface area (Å²) in [5.41, 5.74) is 3.48. The van der Waals surface area contributed by atoms with E-state index < -0.39 is 36.4 Å². The molecular weight excluding hydrogens is 207 g/mol. The van der Waals surface area contributed by atoms with Gasteiger partial charge in [0.25, 0.3) is 0 Å². The van der Waals surface area contributed by atoms with E-state index >= 15 is 0 Å². The number of carboxylic acids is 1. The maximum absolute atomic E-state index is 13.5. The molecule has 15 heavy (non-hydrogen) atoms. The fraction of sp³-hybridized carbons (Fsp3) is 0.875. The summed E-state index contributed by atoms with van der Waals surface area (Å²) in [4.78, 5) is 10.9. The van der Waals surface area contributed by atoms with E-state index in [-0.39, 0.29) is 6.73 Å². The van der Waals surface area contributed by atoms with Crippen LogP contribution >= 0.6 is 0 Å². The Hall–Kier alpha value is -0.685. The lowest BCUT2D eigenvalue weighted by Crippen LogP contribution is -2.37. The first kappa shape index (κ1) is 12.4. The van der Waals surface area contributed by atoms with Gasteiger partial charge in [-0.15, -0.1) is 0 Å². The van der Waals surface area contributed by atoms with Crippen LogP contribution in [0.3, 0.4) is 0 Å². The minimum Gasteiger partial charge on any atom is -0.481 e. The largest absolute Gasteiger partial charge is 0.481 e. The molecule has 1 heterocycles. The Balaban J connectivity index is 3.00. The first-order valence-electron chi connectivity index (χ1n) is 4.66. The van der Waals surface area contributed by atoms with Crippen molar-refractivity contribution >= 4 is 12.9 Å². The Morgan fingerprint density at radius 2 is 2.20 bits per heavy atom. The maximum Gasteiger partial charge on any atom is 0.315 e. The number of nitrogens with two attached hydrogens (primary N) is 1. The number of aliphatic carboxylic acids is 1. The summed E-state index contributed by atoms with van der Waals surface area (Å²) < 4.78 is 31.9. The van der Waals surface area contributed by atoms with Gasteiger partial charge in [-0.05, 0) is 0 Å². The van der Waals surface area contributed by atoms with Gasteiger partial charge in [0.15, 0.2) is 0 Å². The van der Waals surface area contributed by atoms with Gasteiger partial charge in [0, 0.05) is 11.7 Å². The molecule has 1 rings (SSSR count). The van der Waals surface area contributed by atoms with E-state index in [4.69, 9.17) is 15.5 Å². The van der Waals surface area contributed by atoms with Gasteiger partial charge in [-0.1, -0.05) is 13.8 Å². The van der Waals surface area contributed by atoms with Crippen molar-refractivity contribution in [2.24, 2.45) is 11.1 Å². The van der Waals surface area contributed by atoms with Crippen molar-refractivity contribution in [2.45, 2.75) is 31.9 Å². The molecule has 0 amide bonds. The summed E-state index contributed by atoms with van der Waals surface area (Å²) in [7, 11) is 0. The highest BCUT2D eigenvalue weighted by Gasteiger charge is 2.66. The van der Waals surface area contributed by atoms with Gasteiger partial charge in [0.05, 0.1) is 12.5 Å². The zero-order valence-corrected chi connectivity index (χ0v) is 8.67. The number of hydrogen-bond donors (Lipinski definition) is 2. The highest BCUT2D eigenvalue weighted by Crippen LogP contribution is 2.56. The van der Waals surface area contributed by atoms with Gasteiger partial charge < -0.3 is 15.5 Å². The molecule has 3 N–H and O–H groups in total. The second kappa shape index (κ2) is 3.71. The van der Waals surface area contributed by atoms with Crippen molar-refractivity contribution in [1.82, 2.24) is 0 Å². The normalized spacial score (nSPS) is 28.1. The van der Waals surface area contributed by atoms with Crippen LogP contribution in [0.2, 0.25) is 12.1 Å². The number of halogens is 2. The number of rotatable bonds is 3. The Bertz CT molecular complexity index is 273. The number of carboxylic acid groups (broad SMARTS) is 1. The van der Waals surface area contributed by atoms with Crippen molar-refractivity contribution in [3.8, 4) is 0 Å². The quantitative estimate of drug-likeness (QED) is 0.551. The maximum atomic E-state index is 13.5. The van der Waals surface area contributed by atoms with Crippen molar-refractivity contribution in [1.29, 1.82) is 0 Å². The van der Waals surface area contributed by atoms with Crippen LogP contribution in [0, 0.1) is 5.41 Å². The zero-order chi connectivity index (χ0) is 11.9. The highest BCUT2D eigenvalue weighted by atomic mass is 19.3. The third-order valence-electron chi connectivity index (χ3n) is 3.13. The molecule has 86 valence electrons. The lowest BCUT2D eigenvalue weighted by Gasteiger charge is -2.30. The Morgan fingerprint density at radius 3 is 2.60 bits per heavy atom. The molecule has 0 radical (unpaired) electrons. The molecule has 4 nitrogen and oxygen atoms in total. The summed E-state index contributed by atoms with van der Waals surface area (Å²) in [6, 6.07) is 0. The van der Waals surface area contributed by atoms with E-state index in [0.717, 1.165) is 0 Å².